The molecule has 2 fully saturated rings. The summed E-state index contributed by atoms with van der Waals surface area (Å²) in [5, 5.41) is 3.30. The highest BCUT2D eigenvalue weighted by molar-refractivity contribution is 9.10. The van der Waals surface area contributed by atoms with E-state index >= 15 is 0 Å². The Balaban J connectivity index is 1.81. The minimum Gasteiger partial charge on any atom is -0.367 e. The zero-order valence-electron chi connectivity index (χ0n) is 11.8. The van der Waals surface area contributed by atoms with Crippen molar-refractivity contribution < 1.29 is 0 Å². The smallest absolute Gasteiger partial charge is 0.0513 e. The van der Waals surface area contributed by atoms with Gasteiger partial charge in [0.05, 0.1) is 5.69 Å². The summed E-state index contributed by atoms with van der Waals surface area (Å²) < 4.78 is 1.25. The Morgan fingerprint density at radius 3 is 2.58 bits per heavy atom. The van der Waals surface area contributed by atoms with Crippen molar-refractivity contribution in [1.29, 1.82) is 0 Å². The third kappa shape index (κ3) is 3.14. The Kier molecular flexibility index (Phi) is 3.86. The van der Waals surface area contributed by atoms with Gasteiger partial charge >= 0.3 is 0 Å². The summed E-state index contributed by atoms with van der Waals surface area (Å²) in [4.78, 5) is 2.63. The second kappa shape index (κ2) is 5.45. The third-order valence-electron chi connectivity index (χ3n) is 4.35. The van der Waals surface area contributed by atoms with Gasteiger partial charge in [0.2, 0.25) is 0 Å². The molecule has 0 radical (unpaired) electrons. The van der Waals surface area contributed by atoms with Gasteiger partial charge in [0.15, 0.2) is 0 Å². The first-order valence-electron chi connectivity index (χ1n) is 7.42. The van der Waals surface area contributed by atoms with Crippen LogP contribution in [0.3, 0.4) is 0 Å². The van der Waals surface area contributed by atoms with Crippen LogP contribution >= 0.6 is 15.9 Å². The van der Waals surface area contributed by atoms with Gasteiger partial charge in [0, 0.05) is 23.1 Å². The number of rotatable bonds is 6. The van der Waals surface area contributed by atoms with E-state index in [1.54, 1.807) is 0 Å². The average Bonchev–Trinajstić information content (AvgIpc) is 3.28. The SMILES string of the molecule is CNC(C)c1ccc(N(CC2CC2)C2CC2)c(Br)c1. The van der Waals surface area contributed by atoms with E-state index < -0.39 is 0 Å². The van der Waals surface area contributed by atoms with E-state index in [1.165, 1.54) is 48.0 Å². The van der Waals surface area contributed by atoms with Crippen LogP contribution in [0.25, 0.3) is 0 Å². The molecule has 104 valence electrons. The molecule has 1 aromatic carbocycles. The monoisotopic (exact) mass is 322 g/mol. The summed E-state index contributed by atoms with van der Waals surface area (Å²) in [7, 11) is 2.01. The Labute approximate surface area is 124 Å². The van der Waals surface area contributed by atoms with Gasteiger partial charge in [-0.1, -0.05) is 6.07 Å². The molecule has 2 aliphatic rings. The molecule has 2 saturated carbocycles. The van der Waals surface area contributed by atoms with Crippen molar-refractivity contribution in [2.45, 2.75) is 44.7 Å². The zero-order chi connectivity index (χ0) is 13.4. The minimum atomic E-state index is 0.406. The lowest BCUT2D eigenvalue weighted by atomic mass is 10.1. The maximum Gasteiger partial charge on any atom is 0.0513 e. The van der Waals surface area contributed by atoms with Crippen molar-refractivity contribution in [1.82, 2.24) is 5.32 Å². The molecule has 19 heavy (non-hydrogen) atoms. The predicted octanol–water partition coefficient (Wildman–Crippen LogP) is 4.11. The summed E-state index contributed by atoms with van der Waals surface area (Å²) in [5.74, 6) is 0.948. The summed E-state index contributed by atoms with van der Waals surface area (Å²) in [6, 6.07) is 8.05. The Bertz CT molecular complexity index is 452. The zero-order valence-corrected chi connectivity index (χ0v) is 13.4. The fourth-order valence-electron chi connectivity index (χ4n) is 2.60. The second-order valence-corrected chi connectivity index (χ2v) is 6.90. The summed E-state index contributed by atoms with van der Waals surface area (Å²) in [5.41, 5.74) is 2.74. The molecule has 1 aromatic rings. The molecule has 1 unspecified atom stereocenters. The second-order valence-electron chi connectivity index (χ2n) is 6.05. The van der Waals surface area contributed by atoms with Crippen molar-refractivity contribution in [2.24, 2.45) is 5.92 Å². The van der Waals surface area contributed by atoms with Gasteiger partial charge in [-0.05, 0) is 79.2 Å². The normalized spacial score (nSPS) is 20.4. The van der Waals surface area contributed by atoms with E-state index in [4.69, 9.17) is 0 Å². The van der Waals surface area contributed by atoms with E-state index in [2.05, 4.69) is 51.3 Å². The topological polar surface area (TPSA) is 15.3 Å². The largest absolute Gasteiger partial charge is 0.367 e. The number of anilines is 1. The lowest BCUT2D eigenvalue weighted by Crippen LogP contribution is -2.28. The molecule has 2 nitrogen and oxygen atoms in total. The van der Waals surface area contributed by atoms with Gasteiger partial charge in [0.25, 0.3) is 0 Å². The Morgan fingerprint density at radius 2 is 2.05 bits per heavy atom. The van der Waals surface area contributed by atoms with E-state index in [1.807, 2.05) is 7.05 Å². The van der Waals surface area contributed by atoms with Crippen molar-refractivity contribution in [2.75, 3.05) is 18.5 Å². The molecule has 1 N–H and O–H groups in total. The van der Waals surface area contributed by atoms with Crippen molar-refractivity contribution >= 4 is 21.6 Å². The highest BCUT2D eigenvalue weighted by atomic mass is 79.9. The summed E-state index contributed by atoms with van der Waals surface area (Å²) >= 11 is 3.78. The van der Waals surface area contributed by atoms with Crippen LogP contribution in [0.1, 0.15) is 44.2 Å². The molecular weight excluding hydrogens is 300 g/mol. The molecular formula is C16H23BrN2. The molecule has 0 heterocycles. The van der Waals surface area contributed by atoms with Gasteiger partial charge in [-0.25, -0.2) is 0 Å². The van der Waals surface area contributed by atoms with Gasteiger partial charge in [0.1, 0.15) is 0 Å². The van der Waals surface area contributed by atoms with Crippen LogP contribution in [0.5, 0.6) is 0 Å². The molecule has 3 rings (SSSR count). The van der Waals surface area contributed by atoms with E-state index in [9.17, 15) is 0 Å². The molecule has 0 aromatic heterocycles. The van der Waals surface area contributed by atoms with Crippen LogP contribution in [-0.2, 0) is 0 Å². The van der Waals surface area contributed by atoms with E-state index in [0.29, 0.717) is 6.04 Å². The van der Waals surface area contributed by atoms with Gasteiger partial charge in [-0.15, -0.1) is 0 Å². The molecule has 3 heteroatoms. The number of nitrogens with one attached hydrogen (secondary N) is 1. The maximum absolute atomic E-state index is 3.78. The maximum atomic E-state index is 3.78. The summed E-state index contributed by atoms with van der Waals surface area (Å²) in [6.45, 7) is 3.45. The lowest BCUT2D eigenvalue weighted by Gasteiger charge is -2.26. The van der Waals surface area contributed by atoms with Crippen molar-refractivity contribution in [3.8, 4) is 0 Å². The van der Waals surface area contributed by atoms with Crippen LogP contribution in [0.15, 0.2) is 22.7 Å². The first kappa shape index (κ1) is 13.4. The first-order valence-corrected chi connectivity index (χ1v) is 8.21. The van der Waals surface area contributed by atoms with Crippen molar-refractivity contribution in [3.05, 3.63) is 28.2 Å². The molecule has 0 bridgehead atoms. The molecule has 1 atom stereocenters. The number of hydrogen-bond acceptors (Lipinski definition) is 2. The quantitative estimate of drug-likeness (QED) is 0.847. The highest BCUT2D eigenvalue weighted by Crippen LogP contribution is 2.40. The van der Waals surface area contributed by atoms with E-state index in [-0.39, 0.29) is 0 Å². The van der Waals surface area contributed by atoms with Crippen LogP contribution in [-0.4, -0.2) is 19.6 Å². The fourth-order valence-corrected chi connectivity index (χ4v) is 3.23. The fraction of sp³-hybridized carbons (Fsp3) is 0.625. The minimum absolute atomic E-state index is 0.406. The highest BCUT2D eigenvalue weighted by Gasteiger charge is 2.34. The number of nitrogens with zero attached hydrogens (tertiary/aromatic N) is 1. The number of halogens is 1. The first-order chi connectivity index (χ1) is 9.19. The standard InChI is InChI=1S/C16H23BrN2/c1-11(18-2)13-5-8-16(15(17)9-13)19(14-6-7-14)10-12-3-4-12/h5,8-9,11-12,14,18H,3-4,6-7,10H2,1-2H3. The Hall–Kier alpha value is -0.540. The Morgan fingerprint density at radius 1 is 1.32 bits per heavy atom. The van der Waals surface area contributed by atoms with Gasteiger partial charge in [-0.3, -0.25) is 0 Å². The van der Waals surface area contributed by atoms with Crippen LogP contribution in [0, 0.1) is 5.92 Å². The molecule has 0 saturated heterocycles. The molecule has 0 aliphatic heterocycles. The number of benzene rings is 1. The van der Waals surface area contributed by atoms with Gasteiger partial charge < -0.3 is 10.2 Å². The molecule has 2 aliphatic carbocycles. The summed E-state index contributed by atoms with van der Waals surface area (Å²) in [6.07, 6.45) is 5.59. The molecule has 0 amide bonds. The van der Waals surface area contributed by atoms with E-state index in [0.717, 1.165) is 12.0 Å². The van der Waals surface area contributed by atoms with Crippen molar-refractivity contribution in [3.63, 3.8) is 0 Å². The van der Waals surface area contributed by atoms with Crippen LogP contribution < -0.4 is 10.2 Å². The van der Waals surface area contributed by atoms with Crippen LogP contribution in [0.2, 0.25) is 0 Å². The lowest BCUT2D eigenvalue weighted by molar-refractivity contribution is 0.651. The van der Waals surface area contributed by atoms with Crippen LogP contribution in [0.4, 0.5) is 5.69 Å². The number of hydrogen-bond donors (Lipinski definition) is 1. The average molecular weight is 323 g/mol. The molecule has 0 spiro atoms. The predicted molar refractivity (Wildman–Crippen MR) is 84.7 cm³/mol. The van der Waals surface area contributed by atoms with Gasteiger partial charge in [-0.2, -0.15) is 0 Å². The third-order valence-corrected chi connectivity index (χ3v) is 4.99.